The fourth-order valence-corrected chi connectivity index (χ4v) is 8.66. The zero-order chi connectivity index (χ0) is 37.0. The van der Waals surface area contributed by atoms with E-state index in [-0.39, 0.29) is 0 Å². The molecular formula is C54H36N2. The summed E-state index contributed by atoms with van der Waals surface area (Å²) in [7, 11) is 0. The molecule has 0 fully saturated rings. The lowest BCUT2D eigenvalue weighted by Gasteiger charge is -2.26. The summed E-state index contributed by atoms with van der Waals surface area (Å²) < 4.78 is 2.37. The molecule has 2 nitrogen and oxygen atoms in total. The zero-order valence-corrected chi connectivity index (χ0v) is 30.7. The highest BCUT2D eigenvalue weighted by Crippen LogP contribution is 2.42. The molecule has 1 heterocycles. The molecule has 1 aromatic heterocycles. The summed E-state index contributed by atoms with van der Waals surface area (Å²) in [6, 6.07) is 79.5. The molecule has 0 radical (unpaired) electrons. The lowest BCUT2D eigenvalue weighted by molar-refractivity contribution is 1.18. The van der Waals surface area contributed by atoms with Gasteiger partial charge in [0.05, 0.1) is 11.0 Å². The fourth-order valence-electron chi connectivity index (χ4n) is 8.66. The van der Waals surface area contributed by atoms with Crippen molar-refractivity contribution in [1.29, 1.82) is 0 Å². The molecular weight excluding hydrogens is 677 g/mol. The Morgan fingerprint density at radius 1 is 0.268 bits per heavy atom. The van der Waals surface area contributed by atoms with Crippen molar-refractivity contribution in [3.63, 3.8) is 0 Å². The van der Waals surface area contributed by atoms with Gasteiger partial charge in [0.25, 0.3) is 0 Å². The van der Waals surface area contributed by atoms with Crippen LogP contribution in [0, 0.1) is 0 Å². The highest BCUT2D eigenvalue weighted by molar-refractivity contribution is 6.18. The van der Waals surface area contributed by atoms with Crippen molar-refractivity contribution in [2.45, 2.75) is 0 Å². The first-order valence-corrected chi connectivity index (χ1v) is 19.3. The SMILES string of the molecule is c1ccc(-c2cccc(N(c3ccc(-c4ccc5ccc6c7ccccc7ccc6c5c4)cc3)c3ccc4c(c3)c3ccccc3n4-c3ccccc3)c2)cc1. The van der Waals surface area contributed by atoms with Gasteiger partial charge in [-0.2, -0.15) is 0 Å². The van der Waals surface area contributed by atoms with E-state index in [9.17, 15) is 0 Å². The van der Waals surface area contributed by atoms with Crippen molar-refractivity contribution >= 4 is 71.2 Å². The van der Waals surface area contributed by atoms with Gasteiger partial charge in [-0.1, -0.05) is 152 Å². The molecule has 2 heteroatoms. The average molecular weight is 713 g/mol. The molecule has 262 valence electrons. The van der Waals surface area contributed by atoms with Gasteiger partial charge in [0.15, 0.2) is 0 Å². The number of aromatic nitrogens is 1. The molecule has 0 unspecified atom stereocenters. The summed E-state index contributed by atoms with van der Waals surface area (Å²) >= 11 is 0. The Labute approximate surface area is 325 Å². The zero-order valence-electron chi connectivity index (χ0n) is 30.7. The number of benzene rings is 10. The van der Waals surface area contributed by atoms with Gasteiger partial charge in [-0.15, -0.1) is 0 Å². The maximum Gasteiger partial charge on any atom is 0.0542 e. The third kappa shape index (κ3) is 5.34. The largest absolute Gasteiger partial charge is 0.310 e. The Morgan fingerprint density at radius 2 is 0.821 bits per heavy atom. The van der Waals surface area contributed by atoms with Gasteiger partial charge in [-0.25, -0.2) is 0 Å². The van der Waals surface area contributed by atoms with Crippen LogP contribution in [0.4, 0.5) is 17.1 Å². The van der Waals surface area contributed by atoms with Crippen LogP contribution in [0.15, 0.2) is 218 Å². The first-order chi connectivity index (χ1) is 27.8. The van der Waals surface area contributed by atoms with E-state index in [4.69, 9.17) is 0 Å². The summed E-state index contributed by atoms with van der Waals surface area (Å²) in [5.41, 5.74) is 11.6. The molecule has 11 aromatic rings. The maximum absolute atomic E-state index is 2.39. The summed E-state index contributed by atoms with van der Waals surface area (Å²) in [6.07, 6.45) is 0. The van der Waals surface area contributed by atoms with E-state index in [0.717, 1.165) is 22.7 Å². The van der Waals surface area contributed by atoms with E-state index >= 15 is 0 Å². The molecule has 0 aliphatic carbocycles. The highest BCUT2D eigenvalue weighted by Gasteiger charge is 2.18. The lowest BCUT2D eigenvalue weighted by atomic mass is 9.94. The van der Waals surface area contributed by atoms with Crippen LogP contribution in [0.1, 0.15) is 0 Å². The van der Waals surface area contributed by atoms with Gasteiger partial charge >= 0.3 is 0 Å². The van der Waals surface area contributed by atoms with Crippen LogP contribution in [-0.4, -0.2) is 4.57 Å². The van der Waals surface area contributed by atoms with Crippen molar-refractivity contribution < 1.29 is 0 Å². The van der Waals surface area contributed by atoms with Crippen molar-refractivity contribution in [3.8, 4) is 27.9 Å². The van der Waals surface area contributed by atoms with Gasteiger partial charge in [-0.3, -0.25) is 0 Å². The number of hydrogen-bond donors (Lipinski definition) is 0. The highest BCUT2D eigenvalue weighted by atomic mass is 15.1. The third-order valence-corrected chi connectivity index (χ3v) is 11.3. The Bertz CT molecular complexity index is 3230. The van der Waals surface area contributed by atoms with E-state index < -0.39 is 0 Å². The predicted octanol–water partition coefficient (Wildman–Crippen LogP) is 15.0. The van der Waals surface area contributed by atoms with Gasteiger partial charge in [0.1, 0.15) is 0 Å². The van der Waals surface area contributed by atoms with Crippen LogP contribution < -0.4 is 4.90 Å². The first-order valence-electron chi connectivity index (χ1n) is 19.3. The predicted molar refractivity (Wildman–Crippen MR) is 239 cm³/mol. The van der Waals surface area contributed by atoms with E-state index in [0.29, 0.717) is 0 Å². The molecule has 0 aliphatic rings. The van der Waals surface area contributed by atoms with E-state index in [1.54, 1.807) is 0 Å². The van der Waals surface area contributed by atoms with E-state index in [1.165, 1.54) is 76.4 Å². The Kier molecular flexibility index (Phi) is 7.53. The molecule has 0 saturated heterocycles. The second-order valence-corrected chi connectivity index (χ2v) is 14.6. The number of hydrogen-bond acceptors (Lipinski definition) is 1. The van der Waals surface area contributed by atoms with Gasteiger partial charge in [0.2, 0.25) is 0 Å². The molecule has 0 spiro atoms. The second kappa shape index (κ2) is 13.2. The smallest absolute Gasteiger partial charge is 0.0542 e. The summed E-state index contributed by atoms with van der Waals surface area (Å²) in [6.45, 7) is 0. The van der Waals surface area contributed by atoms with Crippen LogP contribution in [0.25, 0.3) is 82.1 Å². The van der Waals surface area contributed by atoms with Gasteiger partial charge in [-0.05, 0) is 121 Å². The maximum atomic E-state index is 2.39. The van der Waals surface area contributed by atoms with Crippen molar-refractivity contribution in [1.82, 2.24) is 4.57 Å². The molecule has 0 saturated carbocycles. The standard InChI is InChI=1S/C54H36N2/c1-3-12-37(13-4-1)41-15-11-18-45(34-41)55(46-30-33-54-52(36-46)50-20-9-10-21-53(50)56(54)43-16-5-2-6-17-43)44-28-24-38(25-29-44)42-23-22-40-27-31-48-47-19-8-7-14-39(47)26-32-49(48)51(40)35-42/h1-36H. The topological polar surface area (TPSA) is 8.17 Å². The number of rotatable bonds is 6. The summed E-state index contributed by atoms with van der Waals surface area (Å²) in [5, 5.41) is 10.1. The minimum Gasteiger partial charge on any atom is -0.310 e. The number of para-hydroxylation sites is 2. The Balaban J connectivity index is 1.05. The molecule has 0 atom stereocenters. The second-order valence-electron chi connectivity index (χ2n) is 14.6. The Hall–Kier alpha value is -7.42. The van der Waals surface area contributed by atoms with Crippen LogP contribution in [-0.2, 0) is 0 Å². The quantitative estimate of drug-likeness (QED) is 0.156. The number of nitrogens with zero attached hydrogens (tertiary/aromatic N) is 2. The van der Waals surface area contributed by atoms with Crippen molar-refractivity contribution in [3.05, 3.63) is 218 Å². The normalized spacial score (nSPS) is 11.6. The molecule has 10 aromatic carbocycles. The van der Waals surface area contributed by atoms with Crippen LogP contribution >= 0.6 is 0 Å². The van der Waals surface area contributed by atoms with Gasteiger partial charge in [0, 0.05) is 33.5 Å². The lowest BCUT2D eigenvalue weighted by Crippen LogP contribution is -2.10. The molecule has 0 N–H and O–H groups in total. The summed E-state index contributed by atoms with van der Waals surface area (Å²) in [4.78, 5) is 2.39. The monoisotopic (exact) mass is 712 g/mol. The van der Waals surface area contributed by atoms with E-state index in [1.807, 2.05) is 0 Å². The van der Waals surface area contributed by atoms with Crippen LogP contribution in [0.5, 0.6) is 0 Å². The molecule has 56 heavy (non-hydrogen) atoms. The first kappa shape index (κ1) is 32.0. The van der Waals surface area contributed by atoms with Crippen LogP contribution in [0.2, 0.25) is 0 Å². The molecule has 0 aliphatic heterocycles. The van der Waals surface area contributed by atoms with Crippen LogP contribution in [0.3, 0.4) is 0 Å². The minimum atomic E-state index is 1.10. The molecule has 11 rings (SSSR count). The molecule has 0 bridgehead atoms. The van der Waals surface area contributed by atoms with Crippen molar-refractivity contribution in [2.75, 3.05) is 4.90 Å². The van der Waals surface area contributed by atoms with Crippen molar-refractivity contribution in [2.24, 2.45) is 0 Å². The Morgan fingerprint density at radius 3 is 1.64 bits per heavy atom. The average Bonchev–Trinajstić information content (AvgIpc) is 3.61. The van der Waals surface area contributed by atoms with Gasteiger partial charge < -0.3 is 9.47 Å². The fraction of sp³-hybridized carbons (Fsp3) is 0. The van der Waals surface area contributed by atoms with E-state index in [2.05, 4.69) is 228 Å². The number of fused-ring (bicyclic) bond motifs is 8. The number of anilines is 3. The third-order valence-electron chi connectivity index (χ3n) is 11.3. The molecule has 0 amide bonds. The minimum absolute atomic E-state index is 1.10. The summed E-state index contributed by atoms with van der Waals surface area (Å²) in [5.74, 6) is 0.